The highest BCUT2D eigenvalue weighted by atomic mass is 19.2. The standard InChI is InChI=1S/C13H15F3N2O3/c1-3-13(2,11(19)20)6-17-12(21)18-7-4-8(14)10(16)9(15)5-7/h4-5H,3,6H2,1-2H3,(H,19,20)(H2,17,18,21). The van der Waals surface area contributed by atoms with Crippen LogP contribution in [0.1, 0.15) is 20.3 Å². The third kappa shape index (κ3) is 4.11. The molecule has 0 saturated carbocycles. The van der Waals surface area contributed by atoms with Crippen LogP contribution in [-0.4, -0.2) is 23.7 Å². The molecule has 0 fully saturated rings. The van der Waals surface area contributed by atoms with Gasteiger partial charge in [-0.05, 0) is 13.3 Å². The molecule has 21 heavy (non-hydrogen) atoms. The van der Waals surface area contributed by atoms with E-state index in [2.05, 4.69) is 10.6 Å². The SMILES string of the molecule is CCC(C)(CNC(=O)Nc1cc(F)c(F)c(F)c1)C(=O)O. The Hall–Kier alpha value is -2.25. The highest BCUT2D eigenvalue weighted by Crippen LogP contribution is 2.20. The first kappa shape index (κ1) is 16.8. The van der Waals surface area contributed by atoms with E-state index in [1.807, 2.05) is 0 Å². The van der Waals surface area contributed by atoms with Crippen LogP contribution in [0.25, 0.3) is 0 Å². The lowest BCUT2D eigenvalue weighted by Gasteiger charge is -2.23. The van der Waals surface area contributed by atoms with Gasteiger partial charge in [0.1, 0.15) is 0 Å². The molecule has 1 aromatic rings. The second-order valence-electron chi connectivity index (χ2n) is 4.78. The fraction of sp³-hybridized carbons (Fsp3) is 0.385. The minimum absolute atomic E-state index is 0.170. The van der Waals surface area contributed by atoms with Crippen LogP contribution in [0.15, 0.2) is 12.1 Å². The zero-order valence-corrected chi connectivity index (χ0v) is 11.5. The molecule has 0 aliphatic carbocycles. The second-order valence-corrected chi connectivity index (χ2v) is 4.78. The molecule has 8 heteroatoms. The van der Waals surface area contributed by atoms with Gasteiger partial charge in [0.25, 0.3) is 0 Å². The Balaban J connectivity index is 2.69. The summed E-state index contributed by atoms with van der Waals surface area (Å²) in [5.74, 6) is -5.59. The molecule has 0 radical (unpaired) electrons. The van der Waals surface area contributed by atoms with Crippen LogP contribution in [0, 0.1) is 22.9 Å². The number of carbonyl (C=O) groups is 2. The number of hydrogen-bond acceptors (Lipinski definition) is 2. The summed E-state index contributed by atoms with van der Waals surface area (Å²) in [7, 11) is 0. The van der Waals surface area contributed by atoms with Gasteiger partial charge in [0.05, 0.1) is 5.41 Å². The molecule has 1 unspecified atom stereocenters. The van der Waals surface area contributed by atoms with E-state index < -0.39 is 34.9 Å². The van der Waals surface area contributed by atoms with Gasteiger partial charge in [-0.2, -0.15) is 0 Å². The summed E-state index contributed by atoms with van der Waals surface area (Å²) in [6.45, 7) is 2.93. The van der Waals surface area contributed by atoms with Crippen LogP contribution >= 0.6 is 0 Å². The van der Waals surface area contributed by atoms with Gasteiger partial charge in [-0.15, -0.1) is 0 Å². The molecule has 0 bridgehead atoms. The number of carboxylic acid groups (broad SMARTS) is 1. The Morgan fingerprint density at radius 2 is 1.76 bits per heavy atom. The number of urea groups is 1. The zero-order chi connectivity index (χ0) is 16.2. The number of carboxylic acids is 1. The largest absolute Gasteiger partial charge is 0.481 e. The number of hydrogen-bond donors (Lipinski definition) is 3. The number of benzene rings is 1. The van der Waals surface area contributed by atoms with Gasteiger partial charge in [-0.3, -0.25) is 4.79 Å². The van der Waals surface area contributed by atoms with E-state index in [1.165, 1.54) is 6.92 Å². The maximum atomic E-state index is 13.0. The number of aliphatic carboxylic acids is 1. The highest BCUT2D eigenvalue weighted by Gasteiger charge is 2.31. The molecule has 0 heterocycles. The van der Waals surface area contributed by atoms with Crippen molar-refractivity contribution in [3.05, 3.63) is 29.6 Å². The van der Waals surface area contributed by atoms with Crippen molar-refractivity contribution in [1.82, 2.24) is 5.32 Å². The van der Waals surface area contributed by atoms with E-state index in [0.717, 1.165) is 0 Å². The number of amides is 2. The van der Waals surface area contributed by atoms with Crippen molar-refractivity contribution in [3.8, 4) is 0 Å². The summed E-state index contributed by atoms with van der Waals surface area (Å²) in [6, 6.07) is 0.393. The molecule has 0 aromatic heterocycles. The zero-order valence-electron chi connectivity index (χ0n) is 11.5. The van der Waals surface area contributed by atoms with Crippen LogP contribution in [0.4, 0.5) is 23.7 Å². The van der Waals surface area contributed by atoms with Crippen molar-refractivity contribution in [2.24, 2.45) is 5.41 Å². The minimum Gasteiger partial charge on any atom is -0.481 e. The Morgan fingerprint density at radius 3 is 2.19 bits per heavy atom. The predicted octanol–water partition coefficient (Wildman–Crippen LogP) is 2.73. The van der Waals surface area contributed by atoms with E-state index >= 15 is 0 Å². The van der Waals surface area contributed by atoms with Crippen LogP contribution in [-0.2, 0) is 4.79 Å². The second kappa shape index (κ2) is 6.47. The van der Waals surface area contributed by atoms with Gasteiger partial charge in [0, 0.05) is 24.4 Å². The number of nitrogens with one attached hydrogen (secondary N) is 2. The quantitative estimate of drug-likeness (QED) is 0.732. The monoisotopic (exact) mass is 304 g/mol. The molecule has 0 aliphatic rings. The molecular weight excluding hydrogens is 289 g/mol. The van der Waals surface area contributed by atoms with Crippen LogP contribution < -0.4 is 10.6 Å². The first-order valence-electron chi connectivity index (χ1n) is 6.12. The topological polar surface area (TPSA) is 78.4 Å². The van der Waals surface area contributed by atoms with Crippen molar-refractivity contribution in [3.63, 3.8) is 0 Å². The van der Waals surface area contributed by atoms with Crippen LogP contribution in [0.5, 0.6) is 0 Å². The smallest absolute Gasteiger partial charge is 0.319 e. The van der Waals surface area contributed by atoms with Gasteiger partial charge in [0.15, 0.2) is 17.5 Å². The normalized spacial score (nSPS) is 13.4. The molecule has 1 rings (SSSR count). The van der Waals surface area contributed by atoms with Crippen LogP contribution in [0.3, 0.4) is 0 Å². The molecule has 0 aliphatic heterocycles. The average molecular weight is 304 g/mol. The minimum atomic E-state index is -1.63. The summed E-state index contributed by atoms with van der Waals surface area (Å²) in [4.78, 5) is 22.6. The maximum Gasteiger partial charge on any atom is 0.319 e. The molecule has 1 aromatic carbocycles. The maximum absolute atomic E-state index is 13.0. The Bertz CT molecular complexity index is 543. The number of halogens is 3. The number of carbonyl (C=O) groups excluding carboxylic acids is 1. The average Bonchev–Trinajstić information content (AvgIpc) is 2.41. The van der Waals surface area contributed by atoms with Crippen molar-refractivity contribution < 1.29 is 27.9 Å². The predicted molar refractivity (Wildman–Crippen MR) is 69.4 cm³/mol. The molecular formula is C13H15F3N2O3. The van der Waals surface area contributed by atoms with Gasteiger partial charge in [0.2, 0.25) is 0 Å². The molecule has 2 amide bonds. The lowest BCUT2D eigenvalue weighted by atomic mass is 9.88. The van der Waals surface area contributed by atoms with Crippen LogP contribution in [0.2, 0.25) is 0 Å². The molecule has 1 atom stereocenters. The summed E-state index contributed by atoms with van der Waals surface area (Å²) in [6.07, 6.45) is 0.280. The third-order valence-corrected chi connectivity index (χ3v) is 3.18. The van der Waals surface area contributed by atoms with Crippen molar-refractivity contribution in [2.45, 2.75) is 20.3 Å². The lowest BCUT2D eigenvalue weighted by molar-refractivity contribution is -0.147. The summed E-state index contributed by atoms with van der Waals surface area (Å²) >= 11 is 0. The van der Waals surface area contributed by atoms with Crippen molar-refractivity contribution >= 4 is 17.7 Å². The number of rotatable bonds is 5. The van der Waals surface area contributed by atoms with Gasteiger partial charge in [-0.25, -0.2) is 18.0 Å². The fourth-order valence-corrected chi connectivity index (χ4v) is 1.43. The molecule has 3 N–H and O–H groups in total. The molecule has 5 nitrogen and oxygen atoms in total. The summed E-state index contributed by atoms with van der Waals surface area (Å²) in [5, 5.41) is 13.4. The van der Waals surface area contributed by atoms with Crippen molar-refractivity contribution in [2.75, 3.05) is 11.9 Å². The Morgan fingerprint density at radius 1 is 1.24 bits per heavy atom. The van der Waals surface area contributed by atoms with E-state index in [9.17, 15) is 22.8 Å². The van der Waals surface area contributed by atoms with E-state index in [1.54, 1.807) is 6.92 Å². The number of anilines is 1. The van der Waals surface area contributed by atoms with Crippen molar-refractivity contribution in [1.29, 1.82) is 0 Å². The lowest BCUT2D eigenvalue weighted by Crippen LogP contribution is -2.42. The third-order valence-electron chi connectivity index (χ3n) is 3.18. The van der Waals surface area contributed by atoms with Gasteiger partial charge in [-0.1, -0.05) is 6.92 Å². The van der Waals surface area contributed by atoms with Gasteiger partial charge >= 0.3 is 12.0 Å². The fourth-order valence-electron chi connectivity index (χ4n) is 1.43. The first-order valence-corrected chi connectivity index (χ1v) is 6.12. The molecule has 116 valence electrons. The van der Waals surface area contributed by atoms with E-state index in [0.29, 0.717) is 12.1 Å². The Kier molecular flexibility index (Phi) is 5.17. The summed E-state index contributed by atoms with van der Waals surface area (Å²) in [5.41, 5.74) is -1.44. The van der Waals surface area contributed by atoms with Gasteiger partial charge < -0.3 is 15.7 Å². The van der Waals surface area contributed by atoms with E-state index in [4.69, 9.17) is 5.11 Å². The molecule has 0 spiro atoms. The first-order chi connectivity index (χ1) is 9.69. The Labute approximate surface area is 119 Å². The highest BCUT2D eigenvalue weighted by molar-refractivity contribution is 5.89. The van der Waals surface area contributed by atoms with E-state index in [-0.39, 0.29) is 18.7 Å². The molecule has 0 saturated heterocycles. The summed E-state index contributed by atoms with van der Waals surface area (Å²) < 4.78 is 38.7.